The van der Waals surface area contributed by atoms with Crippen LogP contribution in [0.25, 0.3) is 0 Å². The molecule has 5 nitrogen and oxygen atoms in total. The van der Waals surface area contributed by atoms with Crippen molar-refractivity contribution in [2.75, 3.05) is 45.8 Å². The van der Waals surface area contributed by atoms with E-state index in [1.54, 1.807) is 0 Å². The van der Waals surface area contributed by atoms with Crippen molar-refractivity contribution < 1.29 is 4.79 Å². The molecule has 1 aromatic heterocycles. The number of amides is 1. The van der Waals surface area contributed by atoms with Gasteiger partial charge in [-0.25, -0.2) is 0 Å². The minimum atomic E-state index is 0.215. The molecule has 2 aliphatic rings. The lowest BCUT2D eigenvalue weighted by molar-refractivity contribution is -0.139. The molecule has 1 amide bonds. The number of hydrogen-bond acceptors (Lipinski definition) is 3. The fraction of sp³-hybridized carbons (Fsp3) is 0.737. The summed E-state index contributed by atoms with van der Waals surface area (Å²) in [6.45, 7) is 12.5. The second-order valence-corrected chi connectivity index (χ2v) is 7.52. The van der Waals surface area contributed by atoms with Crippen LogP contribution in [-0.4, -0.2) is 77.0 Å². The minimum absolute atomic E-state index is 0.215. The van der Waals surface area contributed by atoms with Gasteiger partial charge in [-0.15, -0.1) is 0 Å². The van der Waals surface area contributed by atoms with Crippen LogP contribution >= 0.6 is 0 Å². The standard InChI is InChI=1S/C19H32N4O/c1-17(2)23-9-5-6-18(16-23)19(24)22-14-12-21(13-15-22)11-10-20-7-3-4-8-20/h3-4,7-8,17-18H,5-6,9-16H2,1-2H3/t18-/m1/s1. The molecule has 2 fully saturated rings. The predicted octanol–water partition coefficient (Wildman–Crippen LogP) is 1.75. The summed E-state index contributed by atoms with van der Waals surface area (Å²) in [7, 11) is 0. The van der Waals surface area contributed by atoms with Crippen molar-refractivity contribution in [2.45, 2.75) is 39.3 Å². The topological polar surface area (TPSA) is 31.7 Å². The quantitative estimate of drug-likeness (QED) is 0.823. The molecule has 3 rings (SSSR count). The normalized spacial score (nSPS) is 23.8. The first-order valence-corrected chi connectivity index (χ1v) is 9.49. The highest BCUT2D eigenvalue weighted by atomic mass is 16.2. The number of nitrogens with zero attached hydrogens (tertiary/aromatic N) is 4. The van der Waals surface area contributed by atoms with Gasteiger partial charge in [0.15, 0.2) is 0 Å². The van der Waals surface area contributed by atoms with Gasteiger partial charge in [0.1, 0.15) is 0 Å². The van der Waals surface area contributed by atoms with E-state index < -0.39 is 0 Å². The minimum Gasteiger partial charge on any atom is -0.353 e. The first-order chi connectivity index (χ1) is 11.6. The smallest absolute Gasteiger partial charge is 0.227 e. The van der Waals surface area contributed by atoms with Gasteiger partial charge in [-0.2, -0.15) is 0 Å². The molecule has 0 N–H and O–H groups in total. The van der Waals surface area contributed by atoms with Crippen molar-refractivity contribution in [1.82, 2.24) is 19.3 Å². The second-order valence-electron chi connectivity index (χ2n) is 7.52. The van der Waals surface area contributed by atoms with Gasteiger partial charge < -0.3 is 14.4 Å². The Morgan fingerprint density at radius 2 is 1.75 bits per heavy atom. The summed E-state index contributed by atoms with van der Waals surface area (Å²) < 4.78 is 2.22. The Morgan fingerprint density at radius 1 is 1.04 bits per heavy atom. The number of rotatable bonds is 5. The van der Waals surface area contributed by atoms with E-state index in [9.17, 15) is 4.79 Å². The Balaban J connectivity index is 1.43. The molecule has 2 aliphatic heterocycles. The molecular weight excluding hydrogens is 300 g/mol. The lowest BCUT2D eigenvalue weighted by atomic mass is 9.95. The SMILES string of the molecule is CC(C)N1CCC[C@@H](C(=O)N2CCN(CCn3cccc3)CC2)C1. The first kappa shape index (κ1) is 17.5. The van der Waals surface area contributed by atoms with E-state index in [0.717, 1.165) is 65.2 Å². The van der Waals surface area contributed by atoms with Gasteiger partial charge >= 0.3 is 0 Å². The van der Waals surface area contributed by atoms with Gasteiger partial charge in [-0.3, -0.25) is 9.69 Å². The Kier molecular flexibility index (Phi) is 5.95. The Morgan fingerprint density at radius 3 is 2.42 bits per heavy atom. The monoisotopic (exact) mass is 332 g/mol. The maximum Gasteiger partial charge on any atom is 0.227 e. The van der Waals surface area contributed by atoms with E-state index in [2.05, 4.69) is 57.6 Å². The molecule has 0 spiro atoms. The van der Waals surface area contributed by atoms with Gasteiger partial charge in [0, 0.05) is 64.2 Å². The molecule has 3 heterocycles. The molecule has 2 saturated heterocycles. The van der Waals surface area contributed by atoms with E-state index in [-0.39, 0.29) is 5.92 Å². The van der Waals surface area contributed by atoms with E-state index in [1.165, 1.54) is 0 Å². The summed E-state index contributed by atoms with van der Waals surface area (Å²) in [5.74, 6) is 0.609. The van der Waals surface area contributed by atoms with Crippen LogP contribution in [0.15, 0.2) is 24.5 Å². The van der Waals surface area contributed by atoms with Crippen molar-refractivity contribution in [3.63, 3.8) is 0 Å². The van der Waals surface area contributed by atoms with Crippen LogP contribution in [0.2, 0.25) is 0 Å². The van der Waals surface area contributed by atoms with Gasteiger partial charge in [0.25, 0.3) is 0 Å². The molecule has 0 bridgehead atoms. The summed E-state index contributed by atoms with van der Waals surface area (Å²) >= 11 is 0. The number of carbonyl (C=O) groups is 1. The van der Waals surface area contributed by atoms with Gasteiger partial charge in [-0.05, 0) is 45.4 Å². The van der Waals surface area contributed by atoms with Crippen LogP contribution in [0.3, 0.4) is 0 Å². The summed E-state index contributed by atoms with van der Waals surface area (Å²) in [4.78, 5) is 19.9. The number of aromatic nitrogens is 1. The lowest BCUT2D eigenvalue weighted by Crippen LogP contribution is -2.53. The van der Waals surface area contributed by atoms with Crippen LogP contribution in [0, 0.1) is 5.92 Å². The molecule has 0 unspecified atom stereocenters. The van der Waals surface area contributed by atoms with E-state index in [1.807, 2.05) is 0 Å². The van der Waals surface area contributed by atoms with Gasteiger partial charge in [0.05, 0.1) is 5.92 Å². The molecule has 1 atom stereocenters. The van der Waals surface area contributed by atoms with Crippen LogP contribution in [-0.2, 0) is 11.3 Å². The summed E-state index contributed by atoms with van der Waals surface area (Å²) in [6, 6.07) is 4.69. The van der Waals surface area contributed by atoms with Crippen LogP contribution in [0.1, 0.15) is 26.7 Å². The molecule has 5 heteroatoms. The Hall–Kier alpha value is -1.33. The molecule has 134 valence electrons. The average molecular weight is 332 g/mol. The number of piperazine rings is 1. The number of carbonyl (C=O) groups excluding carboxylic acids is 1. The third-order valence-corrected chi connectivity index (χ3v) is 5.56. The second kappa shape index (κ2) is 8.17. The third-order valence-electron chi connectivity index (χ3n) is 5.56. The predicted molar refractivity (Wildman–Crippen MR) is 96.9 cm³/mol. The van der Waals surface area contributed by atoms with Gasteiger partial charge in [-0.1, -0.05) is 0 Å². The molecule has 24 heavy (non-hydrogen) atoms. The zero-order chi connectivity index (χ0) is 16.9. The number of hydrogen-bond donors (Lipinski definition) is 0. The van der Waals surface area contributed by atoms with Crippen molar-refractivity contribution in [3.8, 4) is 0 Å². The Labute approximate surface area is 146 Å². The fourth-order valence-electron chi connectivity index (χ4n) is 3.90. The maximum atomic E-state index is 12.8. The zero-order valence-corrected chi connectivity index (χ0v) is 15.2. The highest BCUT2D eigenvalue weighted by Crippen LogP contribution is 2.21. The average Bonchev–Trinajstić information content (AvgIpc) is 3.13. The fourth-order valence-corrected chi connectivity index (χ4v) is 3.90. The van der Waals surface area contributed by atoms with E-state index >= 15 is 0 Å². The first-order valence-electron chi connectivity index (χ1n) is 9.49. The van der Waals surface area contributed by atoms with Crippen LogP contribution in [0.4, 0.5) is 0 Å². The van der Waals surface area contributed by atoms with Crippen molar-refractivity contribution in [2.24, 2.45) is 5.92 Å². The molecule has 0 radical (unpaired) electrons. The summed E-state index contributed by atoms with van der Waals surface area (Å²) in [5.41, 5.74) is 0. The number of likely N-dealkylation sites (tertiary alicyclic amines) is 1. The molecule has 1 aromatic rings. The highest BCUT2D eigenvalue weighted by Gasteiger charge is 2.31. The van der Waals surface area contributed by atoms with Crippen LogP contribution in [0.5, 0.6) is 0 Å². The van der Waals surface area contributed by atoms with Crippen LogP contribution < -0.4 is 0 Å². The van der Waals surface area contributed by atoms with E-state index in [4.69, 9.17) is 0 Å². The highest BCUT2D eigenvalue weighted by molar-refractivity contribution is 5.79. The largest absolute Gasteiger partial charge is 0.353 e. The molecule has 0 saturated carbocycles. The van der Waals surface area contributed by atoms with Crippen molar-refractivity contribution in [3.05, 3.63) is 24.5 Å². The van der Waals surface area contributed by atoms with Gasteiger partial charge in [0.2, 0.25) is 5.91 Å². The molecule has 0 aromatic carbocycles. The molecular formula is C19H32N4O. The third kappa shape index (κ3) is 4.39. The summed E-state index contributed by atoms with van der Waals surface area (Å²) in [6.07, 6.45) is 6.45. The number of piperidine rings is 1. The zero-order valence-electron chi connectivity index (χ0n) is 15.2. The van der Waals surface area contributed by atoms with E-state index in [0.29, 0.717) is 11.9 Å². The van der Waals surface area contributed by atoms with Crippen molar-refractivity contribution >= 4 is 5.91 Å². The molecule has 0 aliphatic carbocycles. The summed E-state index contributed by atoms with van der Waals surface area (Å²) in [5, 5.41) is 0. The van der Waals surface area contributed by atoms with Crippen molar-refractivity contribution in [1.29, 1.82) is 0 Å². The lowest BCUT2D eigenvalue weighted by Gasteiger charge is -2.40. The maximum absolute atomic E-state index is 12.8. The Bertz CT molecular complexity index is 505.